The van der Waals surface area contributed by atoms with Gasteiger partial charge in [0.2, 0.25) is 7.14 Å². The van der Waals surface area contributed by atoms with E-state index in [0.29, 0.717) is 10.9 Å². The largest absolute Gasteiger partial charge is 0.305 e. The van der Waals surface area contributed by atoms with Gasteiger partial charge in [-0.05, 0) is 0 Å². The summed E-state index contributed by atoms with van der Waals surface area (Å²) >= 11 is 3.09. The van der Waals surface area contributed by atoms with Crippen LogP contribution in [0.15, 0.2) is 41.4 Å². The van der Waals surface area contributed by atoms with Crippen molar-refractivity contribution in [2.45, 2.75) is 0 Å². The molecule has 6 heteroatoms. The number of thiazole rings is 2. The van der Waals surface area contributed by atoms with E-state index in [0.717, 1.165) is 15.1 Å². The van der Waals surface area contributed by atoms with Gasteiger partial charge in [0.25, 0.3) is 0 Å². The lowest BCUT2D eigenvalue weighted by Crippen LogP contribution is -2.22. The average Bonchev–Trinajstić information content (AvgIpc) is 3.09. The highest BCUT2D eigenvalue weighted by Gasteiger charge is 2.45. The van der Waals surface area contributed by atoms with Crippen LogP contribution in [0.25, 0.3) is 9.75 Å². The lowest BCUT2D eigenvalue weighted by molar-refractivity contribution is 0.592. The van der Waals surface area contributed by atoms with Crippen molar-refractivity contribution in [3.8, 4) is 9.75 Å². The van der Waals surface area contributed by atoms with Gasteiger partial charge >= 0.3 is 0 Å². The molecule has 0 saturated carbocycles. The van der Waals surface area contributed by atoms with Crippen LogP contribution < -0.4 is 16.2 Å². The van der Waals surface area contributed by atoms with Crippen LogP contribution in [0.2, 0.25) is 0 Å². The lowest BCUT2D eigenvalue weighted by Gasteiger charge is -2.10. The second kappa shape index (κ2) is 3.60. The van der Waals surface area contributed by atoms with Crippen LogP contribution in [0, 0.1) is 0 Å². The number of nitrogens with zero attached hydrogens (tertiary/aromatic N) is 2. The number of aromatic nitrogens is 2. The standard InChI is InChI=1S/C12H7N2OPS2/c15-16(8-4-2-1-3-5-8)11-9(17-6-13-11)10-12(16)14-7-18-10/h1-7H. The first-order valence-corrected chi connectivity index (χ1v) is 8.82. The van der Waals surface area contributed by atoms with Crippen molar-refractivity contribution >= 4 is 46.0 Å². The predicted molar refractivity (Wildman–Crippen MR) is 76.2 cm³/mol. The Morgan fingerprint density at radius 2 is 1.44 bits per heavy atom. The Kier molecular flexibility index (Phi) is 2.13. The smallest absolute Gasteiger partial charge is 0.209 e. The van der Waals surface area contributed by atoms with Gasteiger partial charge < -0.3 is 4.57 Å². The van der Waals surface area contributed by atoms with Gasteiger partial charge in [-0.15, -0.1) is 22.7 Å². The van der Waals surface area contributed by atoms with Gasteiger partial charge in [-0.2, -0.15) is 0 Å². The molecule has 18 heavy (non-hydrogen) atoms. The molecule has 0 N–H and O–H groups in total. The van der Waals surface area contributed by atoms with Gasteiger partial charge in [-0.3, -0.25) is 0 Å². The fourth-order valence-corrected chi connectivity index (χ4v) is 7.67. The Labute approximate surface area is 112 Å². The Bertz CT molecular complexity index is 734. The van der Waals surface area contributed by atoms with E-state index in [9.17, 15) is 4.57 Å². The molecular weight excluding hydrogens is 283 g/mol. The van der Waals surface area contributed by atoms with Crippen molar-refractivity contribution in [3.63, 3.8) is 0 Å². The number of rotatable bonds is 1. The monoisotopic (exact) mass is 290 g/mol. The topological polar surface area (TPSA) is 42.9 Å². The summed E-state index contributed by atoms with van der Waals surface area (Å²) in [5.74, 6) is 0. The zero-order chi connectivity index (χ0) is 12.2. The van der Waals surface area contributed by atoms with E-state index >= 15 is 0 Å². The molecule has 1 aromatic carbocycles. The molecule has 0 amide bonds. The average molecular weight is 290 g/mol. The van der Waals surface area contributed by atoms with E-state index in [1.54, 1.807) is 33.7 Å². The second-order valence-electron chi connectivity index (χ2n) is 3.96. The van der Waals surface area contributed by atoms with Crippen molar-refractivity contribution in [2.75, 3.05) is 0 Å². The summed E-state index contributed by atoms with van der Waals surface area (Å²) in [4.78, 5) is 10.7. The molecule has 0 atom stereocenters. The molecular formula is C12H7N2OPS2. The first kappa shape index (κ1) is 10.6. The third-order valence-corrected chi connectivity index (χ3v) is 8.04. The second-order valence-corrected chi connectivity index (χ2v) is 8.25. The van der Waals surface area contributed by atoms with E-state index in [-0.39, 0.29) is 0 Å². The van der Waals surface area contributed by atoms with E-state index in [1.165, 1.54) is 0 Å². The third-order valence-electron chi connectivity index (χ3n) is 3.02. The maximum atomic E-state index is 13.5. The molecule has 3 nitrogen and oxygen atoms in total. The lowest BCUT2D eigenvalue weighted by atomic mass is 10.4. The van der Waals surface area contributed by atoms with Gasteiger partial charge in [-0.1, -0.05) is 30.3 Å². The molecule has 1 aliphatic heterocycles. The summed E-state index contributed by atoms with van der Waals surface area (Å²) in [6, 6.07) is 9.54. The number of benzene rings is 1. The summed E-state index contributed by atoms with van der Waals surface area (Å²) in [6.07, 6.45) is 0. The zero-order valence-electron chi connectivity index (χ0n) is 9.11. The zero-order valence-corrected chi connectivity index (χ0v) is 11.6. The Morgan fingerprint density at radius 3 is 2.00 bits per heavy atom. The summed E-state index contributed by atoms with van der Waals surface area (Å²) < 4.78 is 13.5. The van der Waals surface area contributed by atoms with Crippen molar-refractivity contribution in [2.24, 2.45) is 0 Å². The fraction of sp³-hybridized carbons (Fsp3) is 0. The van der Waals surface area contributed by atoms with Gasteiger partial charge in [0.15, 0.2) is 0 Å². The fourth-order valence-electron chi connectivity index (χ4n) is 2.22. The highest BCUT2D eigenvalue weighted by Crippen LogP contribution is 2.53. The maximum absolute atomic E-state index is 13.5. The highest BCUT2D eigenvalue weighted by atomic mass is 32.1. The van der Waals surface area contributed by atoms with Crippen molar-refractivity contribution in [1.29, 1.82) is 0 Å². The molecule has 3 aromatic rings. The summed E-state index contributed by atoms with van der Waals surface area (Å²) in [7, 11) is -2.81. The number of hydrogen-bond acceptors (Lipinski definition) is 5. The molecule has 1 aliphatic rings. The minimum absolute atomic E-state index is 0.716. The minimum Gasteiger partial charge on any atom is -0.305 e. The van der Waals surface area contributed by atoms with E-state index in [4.69, 9.17) is 0 Å². The Morgan fingerprint density at radius 1 is 0.889 bits per heavy atom. The maximum Gasteiger partial charge on any atom is 0.209 e. The van der Waals surface area contributed by atoms with Crippen molar-refractivity contribution in [3.05, 3.63) is 41.4 Å². The van der Waals surface area contributed by atoms with Crippen LogP contribution in [0.1, 0.15) is 0 Å². The minimum atomic E-state index is -2.81. The molecule has 88 valence electrons. The van der Waals surface area contributed by atoms with E-state index in [1.807, 2.05) is 30.3 Å². The number of hydrogen-bond donors (Lipinski definition) is 0. The summed E-state index contributed by atoms with van der Waals surface area (Å²) in [5, 5.41) is 0.821. The van der Waals surface area contributed by atoms with Crippen LogP contribution >= 0.6 is 29.8 Å². The third kappa shape index (κ3) is 1.17. The molecule has 0 aliphatic carbocycles. The molecule has 0 bridgehead atoms. The molecule has 3 heterocycles. The molecule has 0 fully saturated rings. The van der Waals surface area contributed by atoms with E-state index in [2.05, 4.69) is 9.97 Å². The summed E-state index contributed by atoms with van der Waals surface area (Å²) in [6.45, 7) is 0. The quantitative estimate of drug-likeness (QED) is 0.505. The number of fused-ring (bicyclic) bond motifs is 3. The van der Waals surface area contributed by atoms with Gasteiger partial charge in [-0.25, -0.2) is 9.97 Å². The SMILES string of the molecule is O=P1(c2ccccc2)c2ncsc2-c2scnc21. The van der Waals surface area contributed by atoms with Crippen molar-refractivity contribution < 1.29 is 4.57 Å². The molecule has 4 rings (SSSR count). The van der Waals surface area contributed by atoms with Crippen LogP contribution in [-0.4, -0.2) is 9.97 Å². The molecule has 0 unspecified atom stereocenters. The normalized spacial score (nSPS) is 15.3. The summed E-state index contributed by atoms with van der Waals surface area (Å²) in [5.41, 5.74) is 4.97. The van der Waals surface area contributed by atoms with Crippen molar-refractivity contribution in [1.82, 2.24) is 9.97 Å². The first-order valence-electron chi connectivity index (χ1n) is 5.36. The van der Waals surface area contributed by atoms with Crippen LogP contribution in [-0.2, 0) is 4.57 Å². The van der Waals surface area contributed by atoms with Gasteiger partial charge in [0.1, 0.15) is 10.9 Å². The van der Waals surface area contributed by atoms with Gasteiger partial charge in [0.05, 0.1) is 20.8 Å². The van der Waals surface area contributed by atoms with Crippen LogP contribution in [0.4, 0.5) is 0 Å². The van der Waals surface area contributed by atoms with Crippen LogP contribution in [0.5, 0.6) is 0 Å². The molecule has 0 saturated heterocycles. The Balaban J connectivity index is 2.12. The molecule has 2 aromatic heterocycles. The highest BCUT2D eigenvalue weighted by molar-refractivity contribution is 7.87. The predicted octanol–water partition coefficient (Wildman–Crippen LogP) is 2.22. The van der Waals surface area contributed by atoms with Gasteiger partial charge in [0, 0.05) is 5.30 Å². The molecule has 0 spiro atoms. The van der Waals surface area contributed by atoms with E-state index < -0.39 is 7.14 Å². The molecule has 0 radical (unpaired) electrons. The van der Waals surface area contributed by atoms with Crippen LogP contribution in [0.3, 0.4) is 0 Å². The Hall–Kier alpha value is -1.29. The first-order chi connectivity index (χ1) is 8.82.